The fourth-order valence-corrected chi connectivity index (χ4v) is 2.10. The van der Waals surface area contributed by atoms with E-state index in [1.807, 2.05) is 18.2 Å². The van der Waals surface area contributed by atoms with Crippen molar-refractivity contribution in [3.8, 4) is 5.75 Å². The van der Waals surface area contributed by atoms with E-state index in [4.69, 9.17) is 10.5 Å². The highest BCUT2D eigenvalue weighted by molar-refractivity contribution is 5.97. The van der Waals surface area contributed by atoms with Gasteiger partial charge in [0.25, 0.3) is 5.91 Å². The van der Waals surface area contributed by atoms with Crippen molar-refractivity contribution in [1.29, 1.82) is 0 Å². The number of hydrogen-bond acceptors (Lipinski definition) is 3. The molecule has 4 nitrogen and oxygen atoms in total. The van der Waals surface area contributed by atoms with Gasteiger partial charge in [-0.15, -0.1) is 0 Å². The van der Waals surface area contributed by atoms with Crippen LogP contribution in [-0.4, -0.2) is 12.0 Å². The summed E-state index contributed by atoms with van der Waals surface area (Å²) in [5, 5.41) is 2.84. The zero-order valence-electron chi connectivity index (χ0n) is 11.1. The Morgan fingerprint density at radius 3 is 2.83 bits per heavy atom. The first-order valence-electron chi connectivity index (χ1n) is 6.34. The van der Waals surface area contributed by atoms with Crippen molar-refractivity contribution in [2.24, 2.45) is 11.7 Å². The lowest BCUT2D eigenvalue weighted by molar-refractivity contribution is -0.122. The van der Waals surface area contributed by atoms with Crippen LogP contribution in [0.2, 0.25) is 0 Å². The number of benzene rings is 1. The van der Waals surface area contributed by atoms with E-state index in [1.54, 1.807) is 6.92 Å². The van der Waals surface area contributed by atoms with Crippen LogP contribution in [0, 0.1) is 5.92 Å². The van der Waals surface area contributed by atoms with Crippen LogP contribution in [-0.2, 0) is 4.79 Å². The molecule has 0 fully saturated rings. The van der Waals surface area contributed by atoms with Crippen LogP contribution >= 0.6 is 0 Å². The van der Waals surface area contributed by atoms with Gasteiger partial charge in [-0.05, 0) is 37.0 Å². The SMILES string of the molecule is CC(C)CC(N)c1ccc2c(c1)NC(=O)C(C)O2. The van der Waals surface area contributed by atoms with Gasteiger partial charge < -0.3 is 15.8 Å². The summed E-state index contributed by atoms with van der Waals surface area (Å²) in [5.74, 6) is 1.14. The van der Waals surface area contributed by atoms with E-state index in [-0.39, 0.29) is 11.9 Å². The molecule has 2 rings (SSSR count). The number of fused-ring (bicyclic) bond motifs is 1. The minimum atomic E-state index is -0.437. The minimum absolute atomic E-state index is 0.00782. The van der Waals surface area contributed by atoms with Crippen LogP contribution in [0.1, 0.15) is 38.8 Å². The average Bonchev–Trinajstić information content (AvgIpc) is 2.29. The maximum absolute atomic E-state index is 11.5. The van der Waals surface area contributed by atoms with Gasteiger partial charge in [0.15, 0.2) is 6.10 Å². The van der Waals surface area contributed by atoms with Gasteiger partial charge in [-0.3, -0.25) is 4.79 Å². The van der Waals surface area contributed by atoms with Crippen molar-refractivity contribution in [3.63, 3.8) is 0 Å². The smallest absolute Gasteiger partial charge is 0.265 e. The Balaban J connectivity index is 2.22. The molecule has 4 heteroatoms. The second kappa shape index (κ2) is 4.98. The Morgan fingerprint density at radius 1 is 1.44 bits per heavy atom. The van der Waals surface area contributed by atoms with Gasteiger partial charge in [-0.1, -0.05) is 19.9 Å². The standard InChI is InChI=1S/C14H20N2O2/c1-8(2)6-11(15)10-4-5-13-12(7-10)16-14(17)9(3)18-13/h4-5,7-9,11H,6,15H2,1-3H3,(H,16,17). The quantitative estimate of drug-likeness (QED) is 0.863. The zero-order chi connectivity index (χ0) is 13.3. The van der Waals surface area contributed by atoms with Crippen LogP contribution in [0.25, 0.3) is 0 Å². The van der Waals surface area contributed by atoms with Crippen LogP contribution in [0.3, 0.4) is 0 Å². The van der Waals surface area contributed by atoms with E-state index < -0.39 is 6.10 Å². The lowest BCUT2D eigenvalue weighted by atomic mass is 9.97. The Hall–Kier alpha value is -1.55. The maximum atomic E-state index is 11.5. The highest BCUT2D eigenvalue weighted by Crippen LogP contribution is 2.32. The number of amides is 1. The molecular weight excluding hydrogens is 228 g/mol. The molecule has 0 bridgehead atoms. The maximum Gasteiger partial charge on any atom is 0.265 e. The lowest BCUT2D eigenvalue weighted by Crippen LogP contribution is -2.34. The van der Waals surface area contributed by atoms with Gasteiger partial charge in [0.05, 0.1) is 5.69 Å². The molecule has 0 saturated carbocycles. The van der Waals surface area contributed by atoms with Gasteiger partial charge in [-0.2, -0.15) is 0 Å². The molecule has 0 aromatic heterocycles. The summed E-state index contributed by atoms with van der Waals surface area (Å²) in [6.45, 7) is 6.02. The van der Waals surface area contributed by atoms with Crippen LogP contribution < -0.4 is 15.8 Å². The molecule has 1 aliphatic heterocycles. The molecule has 1 aromatic rings. The van der Waals surface area contributed by atoms with Gasteiger partial charge in [0, 0.05) is 6.04 Å². The fraction of sp³-hybridized carbons (Fsp3) is 0.500. The first-order chi connectivity index (χ1) is 8.47. The molecule has 2 atom stereocenters. The van der Waals surface area contributed by atoms with Gasteiger partial charge in [0.1, 0.15) is 5.75 Å². The predicted molar refractivity (Wildman–Crippen MR) is 71.5 cm³/mol. The van der Waals surface area contributed by atoms with Gasteiger partial charge in [-0.25, -0.2) is 0 Å². The number of carbonyl (C=O) groups excluding carboxylic acids is 1. The van der Waals surface area contributed by atoms with E-state index in [0.29, 0.717) is 11.7 Å². The predicted octanol–water partition coefficient (Wildman–Crippen LogP) is 2.45. The van der Waals surface area contributed by atoms with E-state index >= 15 is 0 Å². The van der Waals surface area contributed by atoms with Crippen LogP contribution in [0.15, 0.2) is 18.2 Å². The van der Waals surface area contributed by atoms with E-state index in [9.17, 15) is 4.79 Å². The van der Waals surface area contributed by atoms with Gasteiger partial charge in [0.2, 0.25) is 0 Å². The molecule has 98 valence electrons. The summed E-state index contributed by atoms with van der Waals surface area (Å²) in [5.41, 5.74) is 7.88. The minimum Gasteiger partial charge on any atom is -0.479 e. The second-order valence-electron chi connectivity index (χ2n) is 5.24. The van der Waals surface area contributed by atoms with E-state index in [1.165, 1.54) is 0 Å². The molecule has 1 aromatic carbocycles. The number of carbonyl (C=O) groups is 1. The Bertz CT molecular complexity index is 457. The summed E-state index contributed by atoms with van der Waals surface area (Å²) >= 11 is 0. The molecule has 0 spiro atoms. The molecule has 1 heterocycles. The summed E-state index contributed by atoms with van der Waals surface area (Å²) in [4.78, 5) is 11.5. The van der Waals surface area contributed by atoms with Crippen molar-refractivity contribution in [3.05, 3.63) is 23.8 Å². The number of nitrogens with one attached hydrogen (secondary N) is 1. The Kier molecular flexibility index (Phi) is 3.57. The van der Waals surface area contributed by atoms with Crippen molar-refractivity contribution in [2.75, 3.05) is 5.32 Å². The fourth-order valence-electron chi connectivity index (χ4n) is 2.10. The third kappa shape index (κ3) is 2.64. The molecule has 0 saturated heterocycles. The van der Waals surface area contributed by atoms with Crippen LogP contribution in [0.5, 0.6) is 5.75 Å². The monoisotopic (exact) mass is 248 g/mol. The Labute approximate surface area is 108 Å². The number of rotatable bonds is 3. The highest BCUT2D eigenvalue weighted by atomic mass is 16.5. The first-order valence-corrected chi connectivity index (χ1v) is 6.34. The molecule has 1 amide bonds. The van der Waals surface area contributed by atoms with Crippen LogP contribution in [0.4, 0.5) is 5.69 Å². The molecule has 0 aliphatic carbocycles. The molecule has 0 radical (unpaired) electrons. The Morgan fingerprint density at radius 2 is 2.17 bits per heavy atom. The molecule has 2 unspecified atom stereocenters. The molecule has 3 N–H and O–H groups in total. The molecule has 18 heavy (non-hydrogen) atoms. The third-order valence-corrected chi connectivity index (χ3v) is 3.09. The topological polar surface area (TPSA) is 64.3 Å². The molecular formula is C14H20N2O2. The van der Waals surface area contributed by atoms with Crippen molar-refractivity contribution in [2.45, 2.75) is 39.3 Å². The lowest BCUT2D eigenvalue weighted by Gasteiger charge is -2.24. The highest BCUT2D eigenvalue weighted by Gasteiger charge is 2.24. The summed E-state index contributed by atoms with van der Waals surface area (Å²) < 4.78 is 5.51. The van der Waals surface area contributed by atoms with E-state index in [0.717, 1.165) is 17.7 Å². The van der Waals surface area contributed by atoms with Crippen molar-refractivity contribution >= 4 is 11.6 Å². The largest absolute Gasteiger partial charge is 0.479 e. The summed E-state index contributed by atoms with van der Waals surface area (Å²) in [7, 11) is 0. The first kappa shape index (κ1) is 12.9. The number of nitrogens with two attached hydrogens (primary N) is 1. The zero-order valence-corrected chi connectivity index (χ0v) is 11.1. The third-order valence-electron chi connectivity index (χ3n) is 3.09. The van der Waals surface area contributed by atoms with Gasteiger partial charge >= 0.3 is 0 Å². The summed E-state index contributed by atoms with van der Waals surface area (Å²) in [6.07, 6.45) is 0.483. The van der Waals surface area contributed by atoms with Crippen molar-refractivity contribution < 1.29 is 9.53 Å². The molecule has 1 aliphatic rings. The average molecular weight is 248 g/mol. The number of hydrogen-bond donors (Lipinski definition) is 2. The number of anilines is 1. The normalized spacial score (nSPS) is 20.1. The second-order valence-corrected chi connectivity index (χ2v) is 5.24. The number of ether oxygens (including phenoxy) is 1. The summed E-state index contributed by atoms with van der Waals surface area (Å²) in [6, 6.07) is 5.75. The van der Waals surface area contributed by atoms with E-state index in [2.05, 4.69) is 19.2 Å². The van der Waals surface area contributed by atoms with Crippen molar-refractivity contribution in [1.82, 2.24) is 0 Å².